The molecular formula is C28H28ClN3O3. The summed E-state index contributed by atoms with van der Waals surface area (Å²) in [6, 6.07) is 23.8. The molecule has 1 unspecified atom stereocenters. The Labute approximate surface area is 209 Å². The second-order valence-electron chi connectivity index (χ2n) is 8.33. The Morgan fingerprint density at radius 2 is 1.71 bits per heavy atom. The largest absolute Gasteiger partial charge is 0.383 e. The first-order chi connectivity index (χ1) is 17.0. The zero-order valence-electron chi connectivity index (χ0n) is 19.9. The van der Waals surface area contributed by atoms with E-state index >= 15 is 0 Å². The van der Waals surface area contributed by atoms with E-state index in [1.54, 1.807) is 46.9 Å². The average molecular weight is 490 g/mol. The van der Waals surface area contributed by atoms with E-state index in [4.69, 9.17) is 21.3 Å². The summed E-state index contributed by atoms with van der Waals surface area (Å²) in [5.74, 6) is 0.305. The lowest BCUT2D eigenvalue weighted by Crippen LogP contribution is -2.39. The van der Waals surface area contributed by atoms with E-state index in [-0.39, 0.29) is 11.5 Å². The highest BCUT2D eigenvalue weighted by atomic mass is 35.5. The van der Waals surface area contributed by atoms with Crippen LogP contribution in [0.25, 0.3) is 10.9 Å². The predicted octanol–water partition coefficient (Wildman–Crippen LogP) is 5.14. The molecule has 4 rings (SSSR count). The van der Waals surface area contributed by atoms with Crippen LogP contribution in [0.3, 0.4) is 0 Å². The monoisotopic (exact) mass is 489 g/mol. The molecule has 1 aromatic heterocycles. The van der Waals surface area contributed by atoms with Crippen molar-refractivity contribution in [2.24, 2.45) is 0 Å². The van der Waals surface area contributed by atoms with Crippen molar-refractivity contribution in [1.29, 1.82) is 0 Å². The summed E-state index contributed by atoms with van der Waals surface area (Å²) < 4.78 is 6.88. The fourth-order valence-electron chi connectivity index (χ4n) is 4.20. The molecule has 0 aliphatic heterocycles. The molecular weight excluding hydrogens is 462 g/mol. The standard InChI is InChI=1S/C28H28ClN3O3/c1-20(26-30-25-15-9-7-13-23(25)28(34)32(26)18-19-35-2)31(17-16-21-10-4-3-5-11-21)27(33)22-12-6-8-14-24(22)29/h3-15,20H,16-19H2,1-2H3. The number of para-hydroxylation sites is 1. The topological polar surface area (TPSA) is 64.4 Å². The molecule has 0 radical (unpaired) electrons. The van der Waals surface area contributed by atoms with E-state index in [1.165, 1.54) is 0 Å². The predicted molar refractivity (Wildman–Crippen MR) is 139 cm³/mol. The summed E-state index contributed by atoms with van der Waals surface area (Å²) in [5, 5.41) is 0.922. The molecule has 3 aromatic carbocycles. The van der Waals surface area contributed by atoms with E-state index in [2.05, 4.69) is 0 Å². The highest BCUT2D eigenvalue weighted by Crippen LogP contribution is 2.25. The molecule has 1 atom stereocenters. The number of methoxy groups -OCH3 is 1. The lowest BCUT2D eigenvalue weighted by atomic mass is 10.1. The van der Waals surface area contributed by atoms with E-state index in [1.807, 2.05) is 55.5 Å². The lowest BCUT2D eigenvalue weighted by Gasteiger charge is -2.31. The first kappa shape index (κ1) is 24.6. The van der Waals surface area contributed by atoms with Crippen LogP contribution in [0.1, 0.15) is 34.7 Å². The third kappa shape index (κ3) is 5.45. The van der Waals surface area contributed by atoms with Gasteiger partial charge in [0, 0.05) is 13.7 Å². The zero-order chi connectivity index (χ0) is 24.8. The minimum Gasteiger partial charge on any atom is -0.383 e. The first-order valence-corrected chi connectivity index (χ1v) is 12.0. The third-order valence-electron chi connectivity index (χ3n) is 6.10. The Morgan fingerprint density at radius 1 is 1.03 bits per heavy atom. The Kier molecular flexibility index (Phi) is 7.95. The Bertz CT molecular complexity index is 1370. The fraction of sp³-hybridized carbons (Fsp3) is 0.250. The third-order valence-corrected chi connectivity index (χ3v) is 6.43. The molecule has 180 valence electrons. The molecule has 6 nitrogen and oxygen atoms in total. The molecule has 0 N–H and O–H groups in total. The van der Waals surface area contributed by atoms with Gasteiger partial charge in [-0.2, -0.15) is 0 Å². The number of carbonyl (C=O) groups is 1. The molecule has 0 bridgehead atoms. The summed E-state index contributed by atoms with van der Waals surface area (Å²) in [4.78, 5) is 33.8. The van der Waals surface area contributed by atoms with Crippen molar-refractivity contribution in [3.05, 3.63) is 111 Å². The van der Waals surface area contributed by atoms with Crippen LogP contribution in [0.15, 0.2) is 83.7 Å². The normalized spacial score (nSPS) is 12.0. The van der Waals surface area contributed by atoms with Crippen molar-refractivity contribution >= 4 is 28.4 Å². The van der Waals surface area contributed by atoms with E-state index in [0.29, 0.717) is 53.4 Å². The van der Waals surface area contributed by atoms with Gasteiger partial charge in [0.05, 0.1) is 40.7 Å². The highest BCUT2D eigenvalue weighted by Gasteiger charge is 2.28. The quantitative estimate of drug-likeness (QED) is 0.326. The van der Waals surface area contributed by atoms with Gasteiger partial charge >= 0.3 is 0 Å². The number of amides is 1. The van der Waals surface area contributed by atoms with Gasteiger partial charge in [-0.15, -0.1) is 0 Å². The number of hydrogen-bond acceptors (Lipinski definition) is 4. The van der Waals surface area contributed by atoms with Crippen molar-refractivity contribution in [1.82, 2.24) is 14.5 Å². The molecule has 1 amide bonds. The van der Waals surface area contributed by atoms with Crippen molar-refractivity contribution < 1.29 is 9.53 Å². The van der Waals surface area contributed by atoms with Gasteiger partial charge in [-0.25, -0.2) is 4.98 Å². The van der Waals surface area contributed by atoms with Crippen LogP contribution in [0, 0.1) is 0 Å². The lowest BCUT2D eigenvalue weighted by molar-refractivity contribution is 0.0680. The highest BCUT2D eigenvalue weighted by molar-refractivity contribution is 6.33. The maximum Gasteiger partial charge on any atom is 0.261 e. The molecule has 0 saturated carbocycles. The van der Waals surface area contributed by atoms with Crippen LogP contribution in [-0.4, -0.2) is 40.6 Å². The minimum absolute atomic E-state index is 0.150. The summed E-state index contributed by atoms with van der Waals surface area (Å²) >= 11 is 6.40. The van der Waals surface area contributed by atoms with Crippen LogP contribution in [0.4, 0.5) is 0 Å². The summed E-state index contributed by atoms with van der Waals surface area (Å²) in [5.41, 5.74) is 1.98. The SMILES string of the molecule is COCCn1c(C(C)N(CCc2ccccc2)C(=O)c2ccccc2Cl)nc2ccccc2c1=O. The van der Waals surface area contributed by atoms with Crippen LogP contribution < -0.4 is 5.56 Å². The summed E-state index contributed by atoms with van der Waals surface area (Å²) in [7, 11) is 1.59. The molecule has 1 heterocycles. The molecule has 0 fully saturated rings. The van der Waals surface area contributed by atoms with E-state index in [0.717, 1.165) is 5.56 Å². The van der Waals surface area contributed by atoms with Gasteiger partial charge in [-0.3, -0.25) is 14.2 Å². The van der Waals surface area contributed by atoms with Crippen LogP contribution in [0.2, 0.25) is 5.02 Å². The molecule has 7 heteroatoms. The number of rotatable bonds is 9. The first-order valence-electron chi connectivity index (χ1n) is 11.6. The van der Waals surface area contributed by atoms with Gasteiger partial charge in [0.15, 0.2) is 0 Å². The molecule has 0 aliphatic rings. The van der Waals surface area contributed by atoms with Gasteiger partial charge in [-0.05, 0) is 43.2 Å². The number of ether oxygens (including phenoxy) is 1. The Hall–Kier alpha value is -3.48. The van der Waals surface area contributed by atoms with Gasteiger partial charge in [0.2, 0.25) is 0 Å². The fourth-order valence-corrected chi connectivity index (χ4v) is 4.41. The maximum atomic E-state index is 13.8. The Morgan fingerprint density at radius 3 is 2.46 bits per heavy atom. The maximum absolute atomic E-state index is 13.8. The zero-order valence-corrected chi connectivity index (χ0v) is 20.6. The molecule has 4 aromatic rings. The molecule has 0 spiro atoms. The van der Waals surface area contributed by atoms with Gasteiger partial charge in [0.1, 0.15) is 5.82 Å². The average Bonchev–Trinajstić information content (AvgIpc) is 2.89. The van der Waals surface area contributed by atoms with Crippen LogP contribution in [0.5, 0.6) is 0 Å². The second-order valence-corrected chi connectivity index (χ2v) is 8.73. The molecule has 0 aliphatic carbocycles. The number of hydrogen-bond donors (Lipinski definition) is 0. The number of nitrogens with zero attached hydrogens (tertiary/aromatic N) is 3. The number of benzene rings is 3. The smallest absolute Gasteiger partial charge is 0.261 e. The van der Waals surface area contributed by atoms with Gasteiger partial charge < -0.3 is 9.64 Å². The number of aromatic nitrogens is 2. The van der Waals surface area contributed by atoms with Crippen molar-refractivity contribution in [3.63, 3.8) is 0 Å². The Balaban J connectivity index is 1.79. The summed E-state index contributed by atoms with van der Waals surface area (Å²) in [6.07, 6.45) is 0.650. The van der Waals surface area contributed by atoms with Crippen molar-refractivity contribution in [2.45, 2.75) is 25.9 Å². The molecule has 35 heavy (non-hydrogen) atoms. The second kappa shape index (κ2) is 11.3. The molecule has 0 saturated heterocycles. The van der Waals surface area contributed by atoms with Crippen LogP contribution >= 0.6 is 11.6 Å². The van der Waals surface area contributed by atoms with Crippen molar-refractivity contribution in [2.75, 3.05) is 20.3 Å². The summed E-state index contributed by atoms with van der Waals surface area (Å²) in [6.45, 7) is 3.02. The van der Waals surface area contributed by atoms with Crippen molar-refractivity contribution in [3.8, 4) is 0 Å². The number of fused-ring (bicyclic) bond motifs is 1. The van der Waals surface area contributed by atoms with Crippen LogP contribution in [-0.2, 0) is 17.7 Å². The van der Waals surface area contributed by atoms with E-state index < -0.39 is 6.04 Å². The van der Waals surface area contributed by atoms with Gasteiger partial charge in [0.25, 0.3) is 11.5 Å². The van der Waals surface area contributed by atoms with E-state index in [9.17, 15) is 9.59 Å². The number of carbonyl (C=O) groups excluding carboxylic acids is 1. The number of halogens is 1. The van der Waals surface area contributed by atoms with Gasteiger partial charge in [-0.1, -0.05) is 66.2 Å². The minimum atomic E-state index is -0.489.